The Morgan fingerprint density at radius 2 is 1.86 bits per heavy atom. The van der Waals surface area contributed by atoms with Crippen molar-refractivity contribution < 1.29 is 26.7 Å². The van der Waals surface area contributed by atoms with E-state index in [0.717, 1.165) is 35.3 Å². The zero-order chi connectivity index (χ0) is 15.8. The average Bonchev–Trinajstić information content (AvgIpc) is 2.61. The van der Waals surface area contributed by atoms with Gasteiger partial charge in [-0.3, -0.25) is 4.72 Å². The van der Waals surface area contributed by atoms with E-state index in [1.807, 2.05) is 0 Å². The van der Waals surface area contributed by atoms with Crippen LogP contribution in [0.5, 0.6) is 0 Å². The van der Waals surface area contributed by atoms with Gasteiger partial charge in [-0.2, -0.15) is 0 Å². The maximum atomic E-state index is 11.8. The van der Waals surface area contributed by atoms with Crippen molar-refractivity contribution >= 4 is 42.2 Å². The first-order chi connectivity index (χ1) is 9.59. The number of carbonyl (C=O) groups is 1. The molecule has 0 atom stereocenters. The van der Waals surface area contributed by atoms with Gasteiger partial charge in [-0.15, -0.1) is 11.3 Å². The molecule has 1 aliphatic carbocycles. The second-order valence-corrected chi connectivity index (χ2v) is 10.3. The van der Waals surface area contributed by atoms with Crippen molar-refractivity contribution in [3.05, 3.63) is 16.0 Å². The zero-order valence-corrected chi connectivity index (χ0v) is 13.7. The van der Waals surface area contributed by atoms with Crippen molar-refractivity contribution in [1.82, 2.24) is 0 Å². The molecule has 1 aromatic rings. The van der Waals surface area contributed by atoms with Gasteiger partial charge in [0.05, 0.1) is 5.56 Å². The van der Waals surface area contributed by atoms with Gasteiger partial charge in [-0.25, -0.2) is 21.6 Å². The minimum atomic E-state index is -4.14. The third kappa shape index (κ3) is 3.95. The summed E-state index contributed by atoms with van der Waals surface area (Å²) >= 11 is 1.08. The Bertz CT molecular complexity index is 775. The highest BCUT2D eigenvalue weighted by Crippen LogP contribution is 2.38. The molecule has 0 spiro atoms. The van der Waals surface area contributed by atoms with E-state index in [-0.39, 0.29) is 10.6 Å². The molecule has 0 radical (unpaired) electrons. The van der Waals surface area contributed by atoms with Crippen LogP contribution >= 0.6 is 11.3 Å². The van der Waals surface area contributed by atoms with Crippen LogP contribution in [0.4, 0.5) is 5.00 Å². The van der Waals surface area contributed by atoms with E-state index in [2.05, 4.69) is 4.72 Å². The van der Waals surface area contributed by atoms with Crippen LogP contribution in [0.15, 0.2) is 0 Å². The third-order valence-corrected chi connectivity index (χ3v) is 7.81. The molecule has 1 heterocycles. The molecule has 1 aliphatic rings. The Balaban J connectivity index is 2.41. The molecule has 0 unspecified atom stereocenters. The van der Waals surface area contributed by atoms with Crippen LogP contribution in [-0.4, -0.2) is 39.3 Å². The summed E-state index contributed by atoms with van der Waals surface area (Å²) in [7, 11) is -7.87. The van der Waals surface area contributed by atoms with Gasteiger partial charge in [-0.1, -0.05) is 0 Å². The smallest absolute Gasteiger partial charge is 0.339 e. The summed E-state index contributed by atoms with van der Waals surface area (Å²) in [6.07, 6.45) is 3.92. The minimum absolute atomic E-state index is 0.00181. The zero-order valence-electron chi connectivity index (χ0n) is 11.2. The molecule has 1 aromatic heterocycles. The van der Waals surface area contributed by atoms with E-state index >= 15 is 0 Å². The summed E-state index contributed by atoms with van der Waals surface area (Å²) in [5.74, 6) is -1.20. The first kappa shape index (κ1) is 16.2. The Hall–Kier alpha value is -1.13. The summed E-state index contributed by atoms with van der Waals surface area (Å²) < 4.78 is 48.0. The Labute approximate surface area is 127 Å². The molecule has 21 heavy (non-hydrogen) atoms. The van der Waals surface area contributed by atoms with Gasteiger partial charge in [0.25, 0.3) is 0 Å². The SMILES string of the molecule is CS(=O)(=O)CS(=O)(=O)Nc1sc2c(c1C(=O)O)CCCC2. The lowest BCUT2D eigenvalue weighted by molar-refractivity contribution is 0.0697. The molecular weight excluding hydrogens is 338 g/mol. The maximum absolute atomic E-state index is 11.8. The Morgan fingerprint density at radius 1 is 1.24 bits per heavy atom. The van der Waals surface area contributed by atoms with Crippen LogP contribution in [0.2, 0.25) is 0 Å². The molecular formula is C11H15NO6S3. The van der Waals surface area contributed by atoms with E-state index in [9.17, 15) is 26.7 Å². The molecule has 0 bridgehead atoms. The van der Waals surface area contributed by atoms with Crippen LogP contribution in [0.3, 0.4) is 0 Å². The van der Waals surface area contributed by atoms with Gasteiger partial charge in [0.1, 0.15) is 5.00 Å². The van der Waals surface area contributed by atoms with Crippen molar-refractivity contribution in [2.75, 3.05) is 16.1 Å². The average molecular weight is 353 g/mol. The molecule has 2 N–H and O–H groups in total. The highest BCUT2D eigenvalue weighted by Gasteiger charge is 2.28. The number of nitrogens with one attached hydrogen (secondary N) is 1. The number of fused-ring (bicyclic) bond motifs is 1. The monoisotopic (exact) mass is 353 g/mol. The van der Waals surface area contributed by atoms with Gasteiger partial charge in [0, 0.05) is 11.1 Å². The number of sulfone groups is 1. The van der Waals surface area contributed by atoms with E-state index in [4.69, 9.17) is 0 Å². The number of carboxylic acid groups (broad SMARTS) is 1. The molecule has 0 aliphatic heterocycles. The molecule has 10 heteroatoms. The van der Waals surface area contributed by atoms with Crippen LogP contribution in [0.1, 0.15) is 33.6 Å². The predicted molar refractivity (Wildman–Crippen MR) is 80.2 cm³/mol. The lowest BCUT2D eigenvalue weighted by Gasteiger charge is -2.10. The number of thiophene rings is 1. The minimum Gasteiger partial charge on any atom is -0.478 e. The fraction of sp³-hybridized carbons (Fsp3) is 0.545. The van der Waals surface area contributed by atoms with Crippen molar-refractivity contribution in [3.8, 4) is 0 Å². The van der Waals surface area contributed by atoms with E-state index in [1.165, 1.54) is 0 Å². The highest BCUT2D eigenvalue weighted by molar-refractivity contribution is 8.08. The lowest BCUT2D eigenvalue weighted by atomic mass is 9.96. The molecule has 0 aromatic carbocycles. The molecule has 2 rings (SSSR count). The number of hydrogen-bond donors (Lipinski definition) is 2. The topological polar surface area (TPSA) is 118 Å². The van der Waals surface area contributed by atoms with Crippen LogP contribution in [-0.2, 0) is 32.7 Å². The first-order valence-electron chi connectivity index (χ1n) is 6.15. The van der Waals surface area contributed by atoms with E-state index < -0.39 is 30.9 Å². The quantitative estimate of drug-likeness (QED) is 0.817. The van der Waals surface area contributed by atoms with E-state index in [1.54, 1.807) is 0 Å². The maximum Gasteiger partial charge on any atom is 0.339 e. The van der Waals surface area contributed by atoms with E-state index in [0.29, 0.717) is 18.4 Å². The largest absolute Gasteiger partial charge is 0.478 e. The summed E-state index contributed by atoms with van der Waals surface area (Å²) in [6.45, 7) is 0. The fourth-order valence-corrected chi connectivity index (χ4v) is 6.87. The number of hydrogen-bond acceptors (Lipinski definition) is 6. The number of carboxylic acids is 1. The van der Waals surface area contributed by atoms with Crippen molar-refractivity contribution in [1.29, 1.82) is 0 Å². The molecule has 118 valence electrons. The number of rotatable bonds is 5. The van der Waals surface area contributed by atoms with Crippen LogP contribution in [0.25, 0.3) is 0 Å². The number of aromatic carboxylic acids is 1. The standard InChI is InChI=1S/C11H15NO6S3/c1-20(15,16)6-21(17,18)12-10-9(11(13)14)7-4-2-3-5-8(7)19-10/h12H,2-6H2,1H3,(H,13,14). The first-order valence-corrected chi connectivity index (χ1v) is 10.7. The van der Waals surface area contributed by atoms with Gasteiger partial charge < -0.3 is 5.11 Å². The molecule has 0 fully saturated rings. The number of anilines is 1. The fourth-order valence-electron chi connectivity index (χ4n) is 2.32. The summed E-state index contributed by atoms with van der Waals surface area (Å²) in [6, 6.07) is 0. The molecule has 0 amide bonds. The van der Waals surface area contributed by atoms with Gasteiger partial charge >= 0.3 is 5.97 Å². The van der Waals surface area contributed by atoms with Crippen molar-refractivity contribution in [2.24, 2.45) is 0 Å². The summed E-state index contributed by atoms with van der Waals surface area (Å²) in [5, 5.41) is 8.22. The van der Waals surface area contributed by atoms with Crippen LogP contribution in [0, 0.1) is 0 Å². The van der Waals surface area contributed by atoms with Gasteiger partial charge in [-0.05, 0) is 31.2 Å². The third-order valence-electron chi connectivity index (χ3n) is 3.00. The van der Waals surface area contributed by atoms with Gasteiger partial charge in [0.2, 0.25) is 10.0 Å². The second kappa shape index (κ2) is 5.58. The molecule has 0 saturated heterocycles. The lowest BCUT2D eigenvalue weighted by Crippen LogP contribution is -2.22. The highest BCUT2D eigenvalue weighted by atomic mass is 32.3. The predicted octanol–water partition coefficient (Wildman–Crippen LogP) is 1.07. The van der Waals surface area contributed by atoms with Gasteiger partial charge in [0.15, 0.2) is 14.9 Å². The Kier molecular flexibility index (Phi) is 4.31. The second-order valence-electron chi connectivity index (χ2n) is 4.98. The number of aryl methyl sites for hydroxylation is 1. The molecule has 7 nitrogen and oxygen atoms in total. The van der Waals surface area contributed by atoms with Crippen molar-refractivity contribution in [3.63, 3.8) is 0 Å². The molecule has 0 saturated carbocycles. The summed E-state index contributed by atoms with van der Waals surface area (Å²) in [4.78, 5) is 12.2. The summed E-state index contributed by atoms with van der Waals surface area (Å²) in [5.41, 5.74) is 0.614. The number of sulfonamides is 1. The normalized spacial score (nSPS) is 15.5. The van der Waals surface area contributed by atoms with Crippen molar-refractivity contribution in [2.45, 2.75) is 25.7 Å². The van der Waals surface area contributed by atoms with Crippen LogP contribution < -0.4 is 4.72 Å². The Morgan fingerprint density at radius 3 is 2.43 bits per heavy atom.